The summed E-state index contributed by atoms with van der Waals surface area (Å²) in [5, 5.41) is 3.46. The minimum absolute atomic E-state index is 0.0872. The number of halogens is 1. The first-order chi connectivity index (χ1) is 10.2. The van der Waals surface area contributed by atoms with E-state index in [0.29, 0.717) is 29.5 Å². The fourth-order valence-electron chi connectivity index (χ4n) is 2.40. The average Bonchev–Trinajstić information content (AvgIpc) is 2.96. The first-order valence-corrected chi connectivity index (χ1v) is 7.25. The lowest BCUT2D eigenvalue weighted by Gasteiger charge is -2.28. The van der Waals surface area contributed by atoms with Crippen molar-refractivity contribution in [3.63, 3.8) is 0 Å². The topological polar surface area (TPSA) is 63.1 Å². The van der Waals surface area contributed by atoms with E-state index in [9.17, 15) is 4.79 Å². The van der Waals surface area contributed by atoms with Crippen LogP contribution in [0, 0.1) is 0 Å². The summed E-state index contributed by atoms with van der Waals surface area (Å²) in [6.45, 7) is 4.62. The molecule has 0 radical (unpaired) electrons. The molecule has 7 heteroatoms. The van der Waals surface area contributed by atoms with Crippen molar-refractivity contribution in [3.05, 3.63) is 41.1 Å². The summed E-state index contributed by atoms with van der Waals surface area (Å²) in [5.74, 6) is 1.46. The molecule has 1 aliphatic rings. The highest BCUT2D eigenvalue weighted by Crippen LogP contribution is 2.22. The molecule has 3 heterocycles. The van der Waals surface area contributed by atoms with E-state index in [1.54, 1.807) is 17.2 Å². The predicted octanol–water partition coefficient (Wildman–Crippen LogP) is 2.02. The largest absolute Gasteiger partial charge is 0.370 e. The van der Waals surface area contributed by atoms with Gasteiger partial charge < -0.3 is 14.8 Å². The number of carbonyl (C=O) groups excluding carboxylic acids is 1. The number of pyridine rings is 1. The smallest absolute Gasteiger partial charge is 0.256 e. The van der Waals surface area contributed by atoms with Crippen molar-refractivity contribution in [2.45, 2.75) is 20.0 Å². The Hall–Kier alpha value is -2.08. The zero-order valence-electron chi connectivity index (χ0n) is 11.7. The number of rotatable bonds is 3. The van der Waals surface area contributed by atoms with Gasteiger partial charge in [-0.1, -0.05) is 11.6 Å². The summed E-state index contributed by atoms with van der Waals surface area (Å²) in [6.07, 6.45) is 5.20. The van der Waals surface area contributed by atoms with Crippen molar-refractivity contribution in [2.75, 3.05) is 18.4 Å². The highest BCUT2D eigenvalue weighted by Gasteiger charge is 2.24. The van der Waals surface area contributed by atoms with E-state index in [1.807, 2.05) is 13.1 Å². The van der Waals surface area contributed by atoms with Crippen LogP contribution in [-0.2, 0) is 13.1 Å². The Morgan fingerprint density at radius 2 is 2.29 bits per heavy atom. The lowest BCUT2D eigenvalue weighted by molar-refractivity contribution is 0.0707. The molecule has 0 spiro atoms. The van der Waals surface area contributed by atoms with Crippen molar-refractivity contribution >= 4 is 23.3 Å². The van der Waals surface area contributed by atoms with Gasteiger partial charge in [0, 0.05) is 38.2 Å². The van der Waals surface area contributed by atoms with Crippen molar-refractivity contribution in [3.8, 4) is 0 Å². The number of anilines is 1. The molecule has 0 saturated heterocycles. The highest BCUT2D eigenvalue weighted by atomic mass is 35.5. The van der Waals surface area contributed by atoms with Crippen LogP contribution in [0.2, 0.25) is 5.02 Å². The Morgan fingerprint density at radius 1 is 1.43 bits per heavy atom. The number of carbonyl (C=O) groups is 1. The van der Waals surface area contributed by atoms with Crippen LogP contribution >= 0.6 is 11.6 Å². The second-order valence-corrected chi connectivity index (χ2v) is 5.25. The van der Waals surface area contributed by atoms with Gasteiger partial charge in [-0.05, 0) is 13.0 Å². The molecule has 0 saturated carbocycles. The maximum atomic E-state index is 12.7. The van der Waals surface area contributed by atoms with Crippen LogP contribution < -0.4 is 5.32 Å². The predicted molar refractivity (Wildman–Crippen MR) is 80.4 cm³/mol. The lowest BCUT2D eigenvalue weighted by atomic mass is 10.2. The summed E-state index contributed by atoms with van der Waals surface area (Å²) < 4.78 is 2.06. The zero-order chi connectivity index (χ0) is 14.8. The van der Waals surface area contributed by atoms with E-state index in [-0.39, 0.29) is 5.91 Å². The Balaban J connectivity index is 1.84. The number of amides is 1. The third kappa shape index (κ3) is 2.71. The fraction of sp³-hybridized carbons (Fsp3) is 0.357. The number of imidazole rings is 1. The number of hydrogen-bond acceptors (Lipinski definition) is 4. The molecule has 0 bridgehead atoms. The number of aromatic nitrogens is 3. The molecule has 1 N–H and O–H groups in total. The molecule has 2 aromatic rings. The molecule has 6 nitrogen and oxygen atoms in total. The van der Waals surface area contributed by atoms with Crippen molar-refractivity contribution in [1.82, 2.24) is 19.4 Å². The third-order valence-electron chi connectivity index (χ3n) is 3.48. The molecule has 110 valence electrons. The Labute approximate surface area is 127 Å². The Morgan fingerprint density at radius 3 is 3.10 bits per heavy atom. The van der Waals surface area contributed by atoms with Crippen molar-refractivity contribution in [1.29, 1.82) is 0 Å². The van der Waals surface area contributed by atoms with E-state index in [1.165, 1.54) is 6.20 Å². The van der Waals surface area contributed by atoms with Gasteiger partial charge in [0.2, 0.25) is 0 Å². The summed E-state index contributed by atoms with van der Waals surface area (Å²) in [6, 6.07) is 1.70. The normalized spacial score (nSPS) is 13.9. The van der Waals surface area contributed by atoms with E-state index in [0.717, 1.165) is 18.9 Å². The van der Waals surface area contributed by atoms with Gasteiger partial charge in [0.1, 0.15) is 11.6 Å². The zero-order valence-corrected chi connectivity index (χ0v) is 12.5. The molecule has 1 aliphatic heterocycles. The SMILES string of the molecule is CCNc1cc(C(=O)N2CCn3ccnc3C2)c(Cl)cn1. The van der Waals surface area contributed by atoms with E-state index in [2.05, 4.69) is 19.9 Å². The molecular formula is C14H16ClN5O. The molecule has 3 rings (SSSR count). The highest BCUT2D eigenvalue weighted by molar-refractivity contribution is 6.33. The number of nitrogens with one attached hydrogen (secondary N) is 1. The number of fused-ring (bicyclic) bond motifs is 1. The monoisotopic (exact) mass is 305 g/mol. The van der Waals surface area contributed by atoms with Crippen molar-refractivity contribution < 1.29 is 4.79 Å². The van der Waals surface area contributed by atoms with Gasteiger partial charge in [-0.25, -0.2) is 9.97 Å². The van der Waals surface area contributed by atoms with Crippen LogP contribution in [0.5, 0.6) is 0 Å². The number of nitrogens with zero attached hydrogens (tertiary/aromatic N) is 4. The summed E-state index contributed by atoms with van der Waals surface area (Å²) in [7, 11) is 0. The number of hydrogen-bond donors (Lipinski definition) is 1. The third-order valence-corrected chi connectivity index (χ3v) is 3.78. The second kappa shape index (κ2) is 5.73. The van der Waals surface area contributed by atoms with Crippen LogP contribution in [0.4, 0.5) is 5.82 Å². The van der Waals surface area contributed by atoms with Crippen LogP contribution in [0.15, 0.2) is 24.7 Å². The summed E-state index contributed by atoms with van der Waals surface area (Å²) in [5.41, 5.74) is 0.475. The minimum atomic E-state index is -0.0872. The van der Waals surface area contributed by atoms with Gasteiger partial charge in [-0.15, -0.1) is 0 Å². The quantitative estimate of drug-likeness (QED) is 0.942. The van der Waals surface area contributed by atoms with Gasteiger partial charge in [0.15, 0.2) is 0 Å². The Bertz CT molecular complexity index is 669. The van der Waals surface area contributed by atoms with Gasteiger partial charge >= 0.3 is 0 Å². The molecule has 2 aromatic heterocycles. The van der Waals surface area contributed by atoms with Crippen LogP contribution in [0.1, 0.15) is 23.1 Å². The first kappa shape index (κ1) is 13.9. The van der Waals surface area contributed by atoms with Crippen LogP contribution in [-0.4, -0.2) is 38.4 Å². The van der Waals surface area contributed by atoms with Gasteiger partial charge in [0.25, 0.3) is 5.91 Å². The molecule has 0 atom stereocenters. The molecule has 0 aromatic carbocycles. The standard InChI is InChI=1S/C14H16ClN5O/c1-2-16-12-7-10(11(15)8-18-12)14(21)20-6-5-19-4-3-17-13(19)9-20/h3-4,7-8H,2,5-6,9H2,1H3,(H,16,18). The maximum Gasteiger partial charge on any atom is 0.256 e. The average molecular weight is 306 g/mol. The van der Waals surface area contributed by atoms with E-state index < -0.39 is 0 Å². The summed E-state index contributed by atoms with van der Waals surface area (Å²) in [4.78, 5) is 22.8. The first-order valence-electron chi connectivity index (χ1n) is 6.87. The lowest BCUT2D eigenvalue weighted by Crippen LogP contribution is -2.38. The molecule has 21 heavy (non-hydrogen) atoms. The molecule has 0 aliphatic carbocycles. The second-order valence-electron chi connectivity index (χ2n) is 4.84. The molecule has 0 fully saturated rings. The van der Waals surface area contributed by atoms with Gasteiger partial charge in [-0.3, -0.25) is 4.79 Å². The minimum Gasteiger partial charge on any atom is -0.370 e. The maximum absolute atomic E-state index is 12.7. The fourth-order valence-corrected chi connectivity index (χ4v) is 2.58. The molecule has 0 unspecified atom stereocenters. The van der Waals surface area contributed by atoms with E-state index in [4.69, 9.17) is 11.6 Å². The van der Waals surface area contributed by atoms with Gasteiger partial charge in [0.05, 0.1) is 17.1 Å². The molecular weight excluding hydrogens is 290 g/mol. The Kier molecular flexibility index (Phi) is 3.79. The van der Waals surface area contributed by atoms with Crippen LogP contribution in [0.25, 0.3) is 0 Å². The van der Waals surface area contributed by atoms with Crippen molar-refractivity contribution in [2.24, 2.45) is 0 Å². The molecule has 1 amide bonds. The summed E-state index contributed by atoms with van der Waals surface area (Å²) >= 11 is 6.13. The van der Waals surface area contributed by atoms with Gasteiger partial charge in [-0.2, -0.15) is 0 Å². The van der Waals surface area contributed by atoms with Crippen LogP contribution in [0.3, 0.4) is 0 Å². The van der Waals surface area contributed by atoms with E-state index >= 15 is 0 Å².